The van der Waals surface area contributed by atoms with E-state index in [0.29, 0.717) is 35.1 Å². The van der Waals surface area contributed by atoms with Crippen molar-refractivity contribution in [2.24, 2.45) is 5.92 Å². The van der Waals surface area contributed by atoms with Gasteiger partial charge in [0.25, 0.3) is 5.91 Å². The van der Waals surface area contributed by atoms with Crippen LogP contribution in [-0.4, -0.2) is 34.1 Å². The topological polar surface area (TPSA) is 87.1 Å². The van der Waals surface area contributed by atoms with Crippen LogP contribution >= 0.6 is 11.6 Å². The molecule has 7 heteroatoms. The summed E-state index contributed by atoms with van der Waals surface area (Å²) in [6, 6.07) is 16.1. The van der Waals surface area contributed by atoms with Crippen molar-refractivity contribution in [2.45, 2.75) is 6.42 Å². The van der Waals surface area contributed by atoms with Gasteiger partial charge in [-0.3, -0.25) is 9.78 Å². The Morgan fingerprint density at radius 1 is 1.11 bits per heavy atom. The number of nitrogens with one attached hydrogen (secondary N) is 2. The average Bonchev–Trinajstić information content (AvgIpc) is 2.72. The van der Waals surface area contributed by atoms with E-state index >= 15 is 0 Å². The molecule has 0 aliphatic rings. The van der Waals surface area contributed by atoms with Crippen molar-refractivity contribution >= 4 is 29.0 Å². The van der Waals surface area contributed by atoms with Crippen molar-refractivity contribution in [1.29, 1.82) is 0 Å². The molecule has 0 bridgehead atoms. The summed E-state index contributed by atoms with van der Waals surface area (Å²) < 4.78 is 0. The van der Waals surface area contributed by atoms with E-state index in [4.69, 9.17) is 11.6 Å². The predicted molar refractivity (Wildman–Crippen MR) is 111 cm³/mol. The molecule has 3 N–H and O–H groups in total. The number of anilines is 2. The molecule has 2 aromatic heterocycles. The van der Waals surface area contributed by atoms with Crippen LogP contribution in [0.2, 0.25) is 5.02 Å². The Hall–Kier alpha value is -2.96. The second kappa shape index (κ2) is 9.82. The molecule has 3 rings (SSSR count). The number of nitrogens with zero attached hydrogens (tertiary/aromatic N) is 2. The minimum Gasteiger partial charge on any atom is -0.396 e. The monoisotopic (exact) mass is 396 g/mol. The Bertz CT molecular complexity index is 904. The van der Waals surface area contributed by atoms with Crippen LogP contribution in [0.1, 0.15) is 16.1 Å². The number of carbonyl (C=O) groups excluding carboxylic acids is 1. The number of benzene rings is 1. The molecule has 2 heterocycles. The number of aromatic nitrogens is 2. The van der Waals surface area contributed by atoms with E-state index in [1.807, 2.05) is 18.2 Å². The van der Waals surface area contributed by atoms with Gasteiger partial charge in [0.1, 0.15) is 5.82 Å². The van der Waals surface area contributed by atoms with Gasteiger partial charge in [0.15, 0.2) is 0 Å². The third-order valence-corrected chi connectivity index (χ3v) is 4.40. The summed E-state index contributed by atoms with van der Waals surface area (Å²) in [6.45, 7) is 0.595. The molecule has 3 aromatic rings. The van der Waals surface area contributed by atoms with E-state index in [9.17, 15) is 9.90 Å². The molecular weight excluding hydrogens is 376 g/mol. The quantitative estimate of drug-likeness (QED) is 0.541. The summed E-state index contributed by atoms with van der Waals surface area (Å²) in [7, 11) is 0. The summed E-state index contributed by atoms with van der Waals surface area (Å²) in [5.41, 5.74) is 2.00. The van der Waals surface area contributed by atoms with Crippen molar-refractivity contribution in [1.82, 2.24) is 9.97 Å². The van der Waals surface area contributed by atoms with Gasteiger partial charge in [-0.25, -0.2) is 4.98 Å². The first-order chi connectivity index (χ1) is 13.6. The number of pyridine rings is 2. The van der Waals surface area contributed by atoms with E-state index in [2.05, 4.69) is 20.6 Å². The first-order valence-corrected chi connectivity index (χ1v) is 9.29. The Labute approximate surface area is 168 Å². The molecule has 0 saturated heterocycles. The minimum absolute atomic E-state index is 0.0162. The van der Waals surface area contributed by atoms with Crippen molar-refractivity contribution in [3.05, 3.63) is 83.3 Å². The fourth-order valence-corrected chi connectivity index (χ4v) is 2.86. The lowest BCUT2D eigenvalue weighted by Gasteiger charge is -2.15. The van der Waals surface area contributed by atoms with Crippen LogP contribution in [0, 0.1) is 5.92 Å². The molecular formula is C21H21ClN4O2. The molecule has 0 radical (unpaired) electrons. The standard InChI is InChI=1S/C21H21ClN4O2/c22-17-4-3-6-19(11-17)26-21(28)16-7-8-20(25-13-16)24-12-15(14-27)10-18-5-1-2-9-23-18/h1-9,11,13,15,27H,10,12,14H2,(H,24,25)(H,26,28). The molecule has 6 nitrogen and oxygen atoms in total. The highest BCUT2D eigenvalue weighted by Gasteiger charge is 2.11. The largest absolute Gasteiger partial charge is 0.396 e. The van der Waals surface area contributed by atoms with Crippen molar-refractivity contribution in [2.75, 3.05) is 23.8 Å². The lowest BCUT2D eigenvalue weighted by atomic mass is 10.0. The second-order valence-electron chi connectivity index (χ2n) is 6.35. The lowest BCUT2D eigenvalue weighted by Crippen LogP contribution is -2.21. The van der Waals surface area contributed by atoms with E-state index < -0.39 is 0 Å². The van der Waals surface area contributed by atoms with Crippen LogP contribution in [0.15, 0.2) is 67.0 Å². The third-order valence-electron chi connectivity index (χ3n) is 4.16. The van der Waals surface area contributed by atoms with Gasteiger partial charge >= 0.3 is 0 Å². The molecule has 0 aliphatic carbocycles. The first-order valence-electron chi connectivity index (χ1n) is 8.91. The maximum absolute atomic E-state index is 12.3. The van der Waals surface area contributed by atoms with Crippen LogP contribution < -0.4 is 10.6 Å². The number of aliphatic hydroxyl groups is 1. The van der Waals surface area contributed by atoms with Crippen LogP contribution in [-0.2, 0) is 6.42 Å². The van der Waals surface area contributed by atoms with Crippen molar-refractivity contribution < 1.29 is 9.90 Å². The average molecular weight is 397 g/mol. The van der Waals surface area contributed by atoms with Gasteiger partial charge < -0.3 is 15.7 Å². The summed E-state index contributed by atoms with van der Waals surface area (Å²) in [5, 5.41) is 16.1. The summed E-state index contributed by atoms with van der Waals surface area (Å²) in [6.07, 6.45) is 3.92. The van der Waals surface area contributed by atoms with E-state index in [0.717, 1.165) is 5.69 Å². The molecule has 0 fully saturated rings. The zero-order chi connectivity index (χ0) is 19.8. The number of rotatable bonds is 8. The van der Waals surface area contributed by atoms with Crippen LogP contribution in [0.25, 0.3) is 0 Å². The number of halogens is 1. The van der Waals surface area contributed by atoms with Crippen LogP contribution in [0.3, 0.4) is 0 Å². The van der Waals surface area contributed by atoms with Crippen molar-refractivity contribution in [3.63, 3.8) is 0 Å². The highest BCUT2D eigenvalue weighted by Crippen LogP contribution is 2.16. The summed E-state index contributed by atoms with van der Waals surface area (Å²) in [4.78, 5) is 20.9. The molecule has 1 amide bonds. The highest BCUT2D eigenvalue weighted by molar-refractivity contribution is 6.30. The summed E-state index contributed by atoms with van der Waals surface area (Å²) >= 11 is 5.92. The van der Waals surface area contributed by atoms with Gasteiger partial charge in [0.05, 0.1) is 5.56 Å². The van der Waals surface area contributed by atoms with Gasteiger partial charge in [-0.15, -0.1) is 0 Å². The third kappa shape index (κ3) is 5.77. The molecule has 0 saturated carbocycles. The number of hydrogen-bond acceptors (Lipinski definition) is 5. The molecule has 0 aliphatic heterocycles. The smallest absolute Gasteiger partial charge is 0.257 e. The molecule has 1 atom stereocenters. The van der Waals surface area contributed by atoms with Crippen LogP contribution in [0.4, 0.5) is 11.5 Å². The maximum Gasteiger partial charge on any atom is 0.257 e. The fourth-order valence-electron chi connectivity index (χ4n) is 2.67. The fraction of sp³-hybridized carbons (Fsp3) is 0.190. The van der Waals surface area contributed by atoms with Gasteiger partial charge in [0, 0.05) is 47.9 Å². The Morgan fingerprint density at radius 3 is 2.68 bits per heavy atom. The number of hydrogen-bond donors (Lipinski definition) is 3. The Balaban J connectivity index is 1.54. The second-order valence-corrected chi connectivity index (χ2v) is 6.79. The lowest BCUT2D eigenvalue weighted by molar-refractivity contribution is 0.102. The maximum atomic E-state index is 12.3. The van der Waals surface area contributed by atoms with Crippen LogP contribution in [0.5, 0.6) is 0 Å². The molecule has 28 heavy (non-hydrogen) atoms. The Kier molecular flexibility index (Phi) is 6.94. The number of amides is 1. The number of aliphatic hydroxyl groups excluding tert-OH is 1. The van der Waals surface area contributed by atoms with E-state index in [1.54, 1.807) is 42.6 Å². The molecule has 0 spiro atoms. The predicted octanol–water partition coefficient (Wildman–Crippen LogP) is 3.65. The van der Waals surface area contributed by atoms with Gasteiger partial charge in [-0.05, 0) is 48.9 Å². The Morgan fingerprint density at radius 2 is 2.00 bits per heavy atom. The zero-order valence-electron chi connectivity index (χ0n) is 15.2. The van der Waals surface area contributed by atoms with E-state index in [-0.39, 0.29) is 18.4 Å². The highest BCUT2D eigenvalue weighted by atomic mass is 35.5. The van der Waals surface area contributed by atoms with Gasteiger partial charge in [0.2, 0.25) is 0 Å². The molecule has 1 unspecified atom stereocenters. The minimum atomic E-state index is -0.260. The summed E-state index contributed by atoms with van der Waals surface area (Å²) in [5.74, 6) is 0.394. The molecule has 1 aromatic carbocycles. The zero-order valence-corrected chi connectivity index (χ0v) is 15.9. The first kappa shape index (κ1) is 19.8. The number of carbonyl (C=O) groups is 1. The molecule has 144 valence electrons. The van der Waals surface area contributed by atoms with E-state index in [1.165, 1.54) is 6.20 Å². The SMILES string of the molecule is O=C(Nc1cccc(Cl)c1)c1ccc(NCC(CO)Cc2ccccn2)nc1. The van der Waals surface area contributed by atoms with Crippen molar-refractivity contribution in [3.8, 4) is 0 Å². The van der Waals surface area contributed by atoms with Gasteiger partial charge in [-0.2, -0.15) is 0 Å². The van der Waals surface area contributed by atoms with Gasteiger partial charge in [-0.1, -0.05) is 23.7 Å². The normalized spacial score (nSPS) is 11.6.